The van der Waals surface area contributed by atoms with Crippen LogP contribution >= 0.6 is 0 Å². The molecule has 0 unspecified atom stereocenters. The van der Waals surface area contributed by atoms with Crippen LogP contribution in [0.5, 0.6) is 0 Å². The topological polar surface area (TPSA) is 67.1 Å². The molecule has 0 heterocycles. The quantitative estimate of drug-likeness (QED) is 0.540. The SMILES string of the molecule is CCCc1c(NN)cccc1C(=O)NC(C)C. The molecule has 0 aliphatic carbocycles. The summed E-state index contributed by atoms with van der Waals surface area (Å²) in [5.41, 5.74) is 5.16. The third-order valence-electron chi connectivity index (χ3n) is 2.50. The van der Waals surface area contributed by atoms with Crippen molar-refractivity contribution in [3.8, 4) is 0 Å². The minimum atomic E-state index is -0.0412. The Morgan fingerprint density at radius 1 is 1.41 bits per heavy atom. The van der Waals surface area contributed by atoms with Crippen molar-refractivity contribution in [2.75, 3.05) is 5.43 Å². The van der Waals surface area contributed by atoms with Crippen LogP contribution in [0.2, 0.25) is 0 Å². The number of nitrogens with two attached hydrogens (primary N) is 1. The molecule has 4 N–H and O–H groups in total. The first-order chi connectivity index (χ1) is 8.10. The van der Waals surface area contributed by atoms with Crippen molar-refractivity contribution >= 4 is 11.6 Å². The van der Waals surface area contributed by atoms with E-state index in [0.717, 1.165) is 24.1 Å². The highest BCUT2D eigenvalue weighted by atomic mass is 16.1. The van der Waals surface area contributed by atoms with E-state index in [9.17, 15) is 4.79 Å². The highest BCUT2D eigenvalue weighted by molar-refractivity contribution is 5.97. The van der Waals surface area contributed by atoms with E-state index in [1.165, 1.54) is 0 Å². The van der Waals surface area contributed by atoms with Crippen LogP contribution in [-0.2, 0) is 6.42 Å². The molecule has 17 heavy (non-hydrogen) atoms. The monoisotopic (exact) mass is 235 g/mol. The minimum Gasteiger partial charge on any atom is -0.350 e. The fraction of sp³-hybridized carbons (Fsp3) is 0.462. The predicted octanol–water partition coefficient (Wildman–Crippen LogP) is 2.06. The molecule has 0 spiro atoms. The lowest BCUT2D eigenvalue weighted by Crippen LogP contribution is -2.31. The number of hydrazine groups is 1. The summed E-state index contributed by atoms with van der Waals surface area (Å²) in [6, 6.07) is 5.69. The van der Waals surface area contributed by atoms with Gasteiger partial charge in [-0.3, -0.25) is 10.6 Å². The molecule has 4 nitrogen and oxygen atoms in total. The van der Waals surface area contributed by atoms with Gasteiger partial charge in [0.15, 0.2) is 0 Å². The van der Waals surface area contributed by atoms with Crippen LogP contribution in [0.15, 0.2) is 18.2 Å². The molecule has 0 aliphatic rings. The first-order valence-electron chi connectivity index (χ1n) is 5.99. The molecule has 4 heteroatoms. The second-order valence-corrected chi connectivity index (χ2v) is 4.35. The van der Waals surface area contributed by atoms with Gasteiger partial charge in [-0.25, -0.2) is 0 Å². The number of anilines is 1. The summed E-state index contributed by atoms with van der Waals surface area (Å²) in [4.78, 5) is 12.0. The van der Waals surface area contributed by atoms with Crippen LogP contribution in [0.25, 0.3) is 0 Å². The summed E-state index contributed by atoms with van der Waals surface area (Å²) in [5, 5.41) is 2.90. The van der Waals surface area contributed by atoms with Gasteiger partial charge in [-0.15, -0.1) is 0 Å². The Labute approximate surface area is 103 Å². The van der Waals surface area contributed by atoms with Crippen LogP contribution in [0.4, 0.5) is 5.69 Å². The molecule has 0 atom stereocenters. The van der Waals surface area contributed by atoms with Crippen molar-refractivity contribution in [2.45, 2.75) is 39.7 Å². The number of hydrogen-bond acceptors (Lipinski definition) is 3. The number of hydrogen-bond donors (Lipinski definition) is 3. The molecule has 0 aromatic heterocycles. The lowest BCUT2D eigenvalue weighted by atomic mass is 10.00. The number of amides is 1. The number of nitrogen functional groups attached to an aromatic ring is 1. The van der Waals surface area contributed by atoms with Crippen molar-refractivity contribution < 1.29 is 4.79 Å². The fourth-order valence-electron chi connectivity index (χ4n) is 1.79. The molecular formula is C13H21N3O. The summed E-state index contributed by atoms with van der Waals surface area (Å²) >= 11 is 0. The van der Waals surface area contributed by atoms with Crippen LogP contribution in [0.1, 0.15) is 43.1 Å². The minimum absolute atomic E-state index is 0.0412. The Bertz CT molecular complexity index is 388. The summed E-state index contributed by atoms with van der Waals surface area (Å²) in [6.45, 7) is 5.97. The van der Waals surface area contributed by atoms with Crippen molar-refractivity contribution in [1.82, 2.24) is 5.32 Å². The number of carbonyl (C=O) groups is 1. The second kappa shape index (κ2) is 6.25. The Kier molecular flexibility index (Phi) is 4.97. The molecule has 0 radical (unpaired) electrons. The number of nitrogens with one attached hydrogen (secondary N) is 2. The Balaban J connectivity index is 3.08. The van der Waals surface area contributed by atoms with Gasteiger partial charge in [-0.2, -0.15) is 0 Å². The Morgan fingerprint density at radius 2 is 2.12 bits per heavy atom. The molecular weight excluding hydrogens is 214 g/mol. The van der Waals surface area contributed by atoms with Crippen molar-refractivity contribution in [3.05, 3.63) is 29.3 Å². The van der Waals surface area contributed by atoms with E-state index in [2.05, 4.69) is 17.7 Å². The smallest absolute Gasteiger partial charge is 0.251 e. The predicted molar refractivity (Wildman–Crippen MR) is 70.8 cm³/mol. The maximum absolute atomic E-state index is 12.0. The van der Waals surface area contributed by atoms with Gasteiger partial charge in [0.05, 0.1) is 5.69 Å². The molecule has 1 amide bonds. The third-order valence-corrected chi connectivity index (χ3v) is 2.50. The largest absolute Gasteiger partial charge is 0.350 e. The first-order valence-corrected chi connectivity index (χ1v) is 5.99. The zero-order chi connectivity index (χ0) is 12.8. The maximum atomic E-state index is 12.0. The second-order valence-electron chi connectivity index (χ2n) is 4.35. The number of rotatable bonds is 5. The van der Waals surface area contributed by atoms with Gasteiger partial charge in [0.2, 0.25) is 0 Å². The van der Waals surface area contributed by atoms with Gasteiger partial charge in [0.25, 0.3) is 5.91 Å². The Hall–Kier alpha value is -1.55. The molecule has 0 fully saturated rings. The van der Waals surface area contributed by atoms with Crippen LogP contribution in [0.3, 0.4) is 0 Å². The summed E-state index contributed by atoms with van der Waals surface area (Å²) in [7, 11) is 0. The normalized spacial score (nSPS) is 10.4. The molecule has 0 saturated carbocycles. The van der Waals surface area contributed by atoms with Crippen molar-refractivity contribution in [2.24, 2.45) is 5.84 Å². The van der Waals surface area contributed by atoms with E-state index < -0.39 is 0 Å². The fourth-order valence-corrected chi connectivity index (χ4v) is 1.79. The van der Waals surface area contributed by atoms with Crippen molar-refractivity contribution in [3.63, 3.8) is 0 Å². The summed E-state index contributed by atoms with van der Waals surface area (Å²) < 4.78 is 0. The lowest BCUT2D eigenvalue weighted by molar-refractivity contribution is 0.0942. The van der Waals surface area contributed by atoms with Crippen LogP contribution < -0.4 is 16.6 Å². The molecule has 1 aromatic carbocycles. The van der Waals surface area contributed by atoms with Gasteiger partial charge in [0, 0.05) is 11.6 Å². The lowest BCUT2D eigenvalue weighted by Gasteiger charge is -2.15. The molecule has 1 rings (SSSR count). The standard InChI is InChI=1S/C13H21N3O/c1-4-6-10-11(13(17)15-9(2)3)7-5-8-12(10)16-14/h5,7-9,16H,4,6,14H2,1-3H3,(H,15,17). The van der Waals surface area contributed by atoms with Gasteiger partial charge in [0.1, 0.15) is 0 Å². The summed E-state index contributed by atoms with van der Waals surface area (Å²) in [5.74, 6) is 5.43. The Morgan fingerprint density at radius 3 is 2.65 bits per heavy atom. The molecule has 94 valence electrons. The molecule has 1 aromatic rings. The average Bonchev–Trinajstić information content (AvgIpc) is 2.28. The first kappa shape index (κ1) is 13.5. The van der Waals surface area contributed by atoms with Crippen LogP contribution in [-0.4, -0.2) is 11.9 Å². The maximum Gasteiger partial charge on any atom is 0.251 e. The highest BCUT2D eigenvalue weighted by Gasteiger charge is 2.14. The van der Waals surface area contributed by atoms with Crippen molar-refractivity contribution in [1.29, 1.82) is 0 Å². The highest BCUT2D eigenvalue weighted by Crippen LogP contribution is 2.21. The summed E-state index contributed by atoms with van der Waals surface area (Å²) in [6.07, 6.45) is 1.81. The van der Waals surface area contributed by atoms with Gasteiger partial charge < -0.3 is 10.7 Å². The molecule has 0 saturated heterocycles. The zero-order valence-electron chi connectivity index (χ0n) is 10.7. The van der Waals surface area contributed by atoms with Crippen LogP contribution in [0, 0.1) is 0 Å². The van der Waals surface area contributed by atoms with E-state index in [1.54, 1.807) is 0 Å². The molecule has 0 bridgehead atoms. The third kappa shape index (κ3) is 3.46. The van der Waals surface area contributed by atoms with Gasteiger partial charge in [-0.05, 0) is 38.0 Å². The van der Waals surface area contributed by atoms with E-state index in [1.807, 2.05) is 32.0 Å². The van der Waals surface area contributed by atoms with E-state index in [-0.39, 0.29) is 11.9 Å². The van der Waals surface area contributed by atoms with Gasteiger partial charge >= 0.3 is 0 Å². The zero-order valence-corrected chi connectivity index (χ0v) is 10.7. The number of carbonyl (C=O) groups excluding carboxylic acids is 1. The van der Waals surface area contributed by atoms with E-state index in [4.69, 9.17) is 5.84 Å². The number of benzene rings is 1. The molecule has 0 aliphatic heterocycles. The van der Waals surface area contributed by atoms with Gasteiger partial charge in [-0.1, -0.05) is 19.4 Å². The van der Waals surface area contributed by atoms with E-state index in [0.29, 0.717) is 5.56 Å². The average molecular weight is 235 g/mol. The van der Waals surface area contributed by atoms with E-state index >= 15 is 0 Å².